The standard InChI is InChI=1S/C21H23ClN2O4S/c1-3-14(4-2)24-29(27,28)19-11-13(9-10-17(19)22)21-16(12-20(25)26)15-7-5-6-8-18(15)23-21/h5-11,14,23-24H,3-4,12H2,1-2H3,(H,25,26). The number of halogens is 1. The van der Waals surface area contributed by atoms with E-state index in [1.807, 2.05) is 38.1 Å². The van der Waals surface area contributed by atoms with E-state index in [-0.39, 0.29) is 22.4 Å². The number of carboxylic acid groups (broad SMARTS) is 1. The number of carbonyl (C=O) groups is 1. The van der Waals surface area contributed by atoms with Gasteiger partial charge >= 0.3 is 5.97 Å². The maximum Gasteiger partial charge on any atom is 0.307 e. The second kappa shape index (κ2) is 8.57. The minimum absolute atomic E-state index is 0.0245. The molecule has 1 heterocycles. The van der Waals surface area contributed by atoms with E-state index in [1.165, 1.54) is 12.1 Å². The highest BCUT2D eigenvalue weighted by Gasteiger charge is 2.23. The minimum Gasteiger partial charge on any atom is -0.481 e. The zero-order valence-electron chi connectivity index (χ0n) is 16.2. The summed E-state index contributed by atoms with van der Waals surface area (Å²) in [6.07, 6.45) is 1.14. The summed E-state index contributed by atoms with van der Waals surface area (Å²) < 4.78 is 28.5. The lowest BCUT2D eigenvalue weighted by Gasteiger charge is -2.16. The van der Waals surface area contributed by atoms with Crippen molar-refractivity contribution in [3.05, 3.63) is 53.1 Å². The van der Waals surface area contributed by atoms with Gasteiger partial charge in [-0.25, -0.2) is 13.1 Å². The molecule has 0 atom stereocenters. The van der Waals surface area contributed by atoms with E-state index in [0.717, 1.165) is 10.9 Å². The summed E-state index contributed by atoms with van der Waals surface area (Å²) in [6.45, 7) is 3.83. The van der Waals surface area contributed by atoms with Crippen molar-refractivity contribution in [3.8, 4) is 11.3 Å². The number of sulfonamides is 1. The fourth-order valence-electron chi connectivity index (χ4n) is 3.38. The Balaban J connectivity index is 2.14. The Kier molecular flexibility index (Phi) is 6.31. The Morgan fingerprint density at radius 1 is 1.17 bits per heavy atom. The van der Waals surface area contributed by atoms with Crippen LogP contribution < -0.4 is 4.72 Å². The molecule has 0 saturated carbocycles. The summed E-state index contributed by atoms with van der Waals surface area (Å²) >= 11 is 6.22. The third kappa shape index (κ3) is 4.47. The van der Waals surface area contributed by atoms with Gasteiger partial charge in [0.25, 0.3) is 0 Å². The number of aromatic amines is 1. The summed E-state index contributed by atoms with van der Waals surface area (Å²) in [5.74, 6) is -0.965. The number of benzene rings is 2. The Hall–Kier alpha value is -2.35. The number of fused-ring (bicyclic) bond motifs is 1. The number of nitrogens with one attached hydrogen (secondary N) is 2. The number of aliphatic carboxylic acids is 1. The molecule has 0 fully saturated rings. The molecule has 2 aromatic carbocycles. The lowest BCUT2D eigenvalue weighted by molar-refractivity contribution is -0.136. The summed E-state index contributed by atoms with van der Waals surface area (Å²) in [6, 6.07) is 11.9. The van der Waals surface area contributed by atoms with Gasteiger partial charge in [-0.05, 0) is 42.2 Å². The van der Waals surface area contributed by atoms with Gasteiger partial charge in [-0.1, -0.05) is 49.7 Å². The number of hydrogen-bond donors (Lipinski definition) is 3. The van der Waals surface area contributed by atoms with Crippen LogP contribution in [0, 0.1) is 0 Å². The van der Waals surface area contributed by atoms with Gasteiger partial charge in [-0.2, -0.15) is 0 Å². The highest BCUT2D eigenvalue weighted by atomic mass is 35.5. The second-order valence-electron chi connectivity index (χ2n) is 6.87. The summed E-state index contributed by atoms with van der Waals surface area (Å²) in [5, 5.41) is 10.3. The Labute approximate surface area is 175 Å². The lowest BCUT2D eigenvalue weighted by Crippen LogP contribution is -2.34. The van der Waals surface area contributed by atoms with Crippen molar-refractivity contribution in [1.82, 2.24) is 9.71 Å². The molecule has 0 aliphatic carbocycles. The van der Waals surface area contributed by atoms with Gasteiger partial charge in [0.2, 0.25) is 10.0 Å². The van der Waals surface area contributed by atoms with Gasteiger partial charge in [-0.3, -0.25) is 4.79 Å². The third-order valence-corrected chi connectivity index (χ3v) is 6.96. The minimum atomic E-state index is -3.82. The molecule has 0 amide bonds. The number of carboxylic acids is 1. The Bertz CT molecular complexity index is 1150. The summed E-state index contributed by atoms with van der Waals surface area (Å²) in [7, 11) is -3.82. The molecule has 0 radical (unpaired) electrons. The molecule has 0 aliphatic rings. The van der Waals surface area contributed by atoms with Crippen LogP contribution in [0.2, 0.25) is 5.02 Å². The van der Waals surface area contributed by atoms with Gasteiger partial charge in [0.05, 0.1) is 17.1 Å². The van der Waals surface area contributed by atoms with Crippen LogP contribution in [0.25, 0.3) is 22.2 Å². The third-order valence-electron chi connectivity index (χ3n) is 4.96. The molecule has 0 aliphatic heterocycles. The van der Waals surface area contributed by atoms with Crippen molar-refractivity contribution in [2.45, 2.75) is 44.0 Å². The first kappa shape index (κ1) is 21.4. The zero-order chi connectivity index (χ0) is 21.2. The van der Waals surface area contributed by atoms with Crippen LogP contribution in [-0.4, -0.2) is 30.5 Å². The Morgan fingerprint density at radius 2 is 1.86 bits per heavy atom. The van der Waals surface area contributed by atoms with Gasteiger partial charge in [0.15, 0.2) is 0 Å². The van der Waals surface area contributed by atoms with Crippen molar-refractivity contribution in [2.75, 3.05) is 0 Å². The molecule has 154 valence electrons. The molecule has 1 aromatic heterocycles. The summed E-state index contributed by atoms with van der Waals surface area (Å²) in [4.78, 5) is 14.6. The molecule has 0 unspecified atom stereocenters. The molecular weight excluding hydrogens is 412 g/mol. The highest BCUT2D eigenvalue weighted by molar-refractivity contribution is 7.89. The van der Waals surface area contributed by atoms with Crippen LogP contribution in [0.4, 0.5) is 0 Å². The van der Waals surface area contributed by atoms with E-state index in [1.54, 1.807) is 6.07 Å². The molecule has 8 heteroatoms. The molecular formula is C21H23ClN2O4S. The lowest BCUT2D eigenvalue weighted by atomic mass is 10.0. The Morgan fingerprint density at radius 3 is 2.52 bits per heavy atom. The van der Waals surface area contributed by atoms with E-state index in [4.69, 9.17) is 11.6 Å². The average Bonchev–Trinajstić information content (AvgIpc) is 3.04. The fraction of sp³-hybridized carbons (Fsp3) is 0.286. The van der Waals surface area contributed by atoms with Crippen molar-refractivity contribution >= 4 is 38.5 Å². The molecule has 3 rings (SSSR count). The van der Waals surface area contributed by atoms with Crippen LogP contribution >= 0.6 is 11.6 Å². The second-order valence-corrected chi connectivity index (χ2v) is 8.96. The first-order valence-electron chi connectivity index (χ1n) is 9.40. The number of para-hydroxylation sites is 1. The van der Waals surface area contributed by atoms with E-state index in [9.17, 15) is 18.3 Å². The van der Waals surface area contributed by atoms with E-state index in [2.05, 4.69) is 9.71 Å². The van der Waals surface area contributed by atoms with Gasteiger partial charge in [0, 0.05) is 16.9 Å². The predicted molar refractivity (Wildman–Crippen MR) is 115 cm³/mol. The topological polar surface area (TPSA) is 99.3 Å². The number of aromatic nitrogens is 1. The quantitative estimate of drug-likeness (QED) is 0.483. The maximum atomic E-state index is 12.9. The average molecular weight is 435 g/mol. The molecule has 3 N–H and O–H groups in total. The molecule has 29 heavy (non-hydrogen) atoms. The highest BCUT2D eigenvalue weighted by Crippen LogP contribution is 2.34. The largest absolute Gasteiger partial charge is 0.481 e. The van der Waals surface area contributed by atoms with E-state index >= 15 is 0 Å². The van der Waals surface area contributed by atoms with Gasteiger partial charge < -0.3 is 10.1 Å². The van der Waals surface area contributed by atoms with Crippen LogP contribution in [0.3, 0.4) is 0 Å². The normalized spacial score (nSPS) is 12.0. The molecule has 0 spiro atoms. The maximum absolute atomic E-state index is 12.9. The molecule has 3 aromatic rings. The zero-order valence-corrected chi connectivity index (χ0v) is 17.8. The first-order valence-corrected chi connectivity index (χ1v) is 11.3. The fourth-order valence-corrected chi connectivity index (χ4v) is 5.31. The predicted octanol–water partition coefficient (Wildman–Crippen LogP) is 4.58. The SMILES string of the molecule is CCC(CC)NS(=O)(=O)c1cc(-c2[nH]c3ccccc3c2CC(=O)O)ccc1Cl. The number of hydrogen-bond acceptors (Lipinski definition) is 3. The van der Waals surface area contributed by atoms with Crippen molar-refractivity contribution in [3.63, 3.8) is 0 Å². The monoisotopic (exact) mass is 434 g/mol. The molecule has 6 nitrogen and oxygen atoms in total. The van der Waals surface area contributed by atoms with Crippen LogP contribution in [0.1, 0.15) is 32.3 Å². The smallest absolute Gasteiger partial charge is 0.307 e. The van der Waals surface area contributed by atoms with Crippen molar-refractivity contribution in [1.29, 1.82) is 0 Å². The first-order chi connectivity index (χ1) is 13.8. The molecule has 0 bridgehead atoms. The van der Waals surface area contributed by atoms with Crippen LogP contribution in [0.15, 0.2) is 47.4 Å². The van der Waals surface area contributed by atoms with Crippen LogP contribution in [-0.2, 0) is 21.2 Å². The number of H-pyrrole nitrogens is 1. The summed E-state index contributed by atoms with van der Waals surface area (Å²) in [5.41, 5.74) is 2.52. The van der Waals surface area contributed by atoms with E-state index in [0.29, 0.717) is 29.7 Å². The van der Waals surface area contributed by atoms with Crippen molar-refractivity contribution < 1.29 is 18.3 Å². The van der Waals surface area contributed by atoms with Gasteiger partial charge in [0.1, 0.15) is 4.90 Å². The molecule has 0 saturated heterocycles. The number of rotatable bonds is 8. The van der Waals surface area contributed by atoms with Crippen molar-refractivity contribution in [2.24, 2.45) is 0 Å². The van der Waals surface area contributed by atoms with Gasteiger partial charge in [-0.15, -0.1) is 0 Å². The van der Waals surface area contributed by atoms with Crippen LogP contribution in [0.5, 0.6) is 0 Å². The van der Waals surface area contributed by atoms with E-state index < -0.39 is 16.0 Å².